The van der Waals surface area contributed by atoms with Gasteiger partial charge < -0.3 is 5.32 Å². The molecule has 4 heteroatoms. The Morgan fingerprint density at radius 1 is 1.59 bits per heavy atom. The van der Waals surface area contributed by atoms with Crippen molar-refractivity contribution in [2.24, 2.45) is 4.99 Å². The van der Waals surface area contributed by atoms with Crippen molar-refractivity contribution in [3.63, 3.8) is 0 Å². The van der Waals surface area contributed by atoms with Gasteiger partial charge in [0.15, 0.2) is 5.17 Å². The molecule has 1 aliphatic rings. The first-order valence-electron chi connectivity index (χ1n) is 6.14. The van der Waals surface area contributed by atoms with Crippen LogP contribution >= 0.6 is 23.1 Å². The van der Waals surface area contributed by atoms with Gasteiger partial charge in [-0.15, -0.1) is 0 Å². The zero-order chi connectivity index (χ0) is 12.3. The van der Waals surface area contributed by atoms with Crippen molar-refractivity contribution in [3.05, 3.63) is 22.4 Å². The van der Waals surface area contributed by atoms with Gasteiger partial charge >= 0.3 is 0 Å². The van der Waals surface area contributed by atoms with Gasteiger partial charge in [-0.05, 0) is 49.1 Å². The predicted octanol–water partition coefficient (Wildman–Crippen LogP) is 4.06. The van der Waals surface area contributed by atoms with Crippen LogP contribution < -0.4 is 5.32 Å². The van der Waals surface area contributed by atoms with Crippen LogP contribution in [0.15, 0.2) is 21.8 Å². The number of hydrogen-bond donors (Lipinski definition) is 1. The second-order valence-corrected chi connectivity index (χ2v) is 6.67. The molecule has 0 bridgehead atoms. The number of thioether (sulfide) groups is 1. The van der Waals surface area contributed by atoms with Crippen LogP contribution in [-0.4, -0.2) is 16.5 Å². The first kappa shape index (κ1) is 13.0. The van der Waals surface area contributed by atoms with E-state index in [1.807, 2.05) is 11.8 Å². The summed E-state index contributed by atoms with van der Waals surface area (Å²) in [5.41, 5.74) is 1.55. The molecule has 1 fully saturated rings. The van der Waals surface area contributed by atoms with Crippen molar-refractivity contribution in [2.75, 3.05) is 5.75 Å². The van der Waals surface area contributed by atoms with E-state index in [1.165, 1.54) is 17.7 Å². The smallest absolute Gasteiger partial charge is 0.157 e. The Morgan fingerprint density at radius 2 is 2.41 bits per heavy atom. The van der Waals surface area contributed by atoms with E-state index in [0.29, 0.717) is 0 Å². The molecule has 0 radical (unpaired) electrons. The molecule has 2 rings (SSSR count). The van der Waals surface area contributed by atoms with E-state index < -0.39 is 0 Å². The van der Waals surface area contributed by atoms with Crippen LogP contribution in [0.4, 0.5) is 0 Å². The van der Waals surface area contributed by atoms with Crippen LogP contribution in [-0.2, 0) is 0 Å². The molecule has 0 aliphatic carbocycles. The molecule has 1 aliphatic heterocycles. The van der Waals surface area contributed by atoms with Gasteiger partial charge in [-0.25, -0.2) is 0 Å². The molecule has 1 saturated heterocycles. The molecular formula is C13H20N2S2. The van der Waals surface area contributed by atoms with Crippen molar-refractivity contribution < 1.29 is 0 Å². The largest absolute Gasteiger partial charge is 0.360 e. The highest BCUT2D eigenvalue weighted by molar-refractivity contribution is 8.13. The minimum Gasteiger partial charge on any atom is -0.360 e. The van der Waals surface area contributed by atoms with Gasteiger partial charge in [-0.1, -0.05) is 18.7 Å². The highest BCUT2D eigenvalue weighted by atomic mass is 32.2. The van der Waals surface area contributed by atoms with Crippen LogP contribution in [0.5, 0.6) is 0 Å². The first-order chi connectivity index (χ1) is 8.13. The molecule has 2 nitrogen and oxygen atoms in total. The standard InChI is InChI=1S/C13H20N2S2/c1-4-13(3)6-8-17-12(15-13)14-10(2)11-5-7-16-9-11/h5,7,9-10H,4,6,8H2,1-3H3,(H,14,15). The molecule has 2 unspecified atom stereocenters. The lowest BCUT2D eigenvalue weighted by Crippen LogP contribution is -2.48. The van der Waals surface area contributed by atoms with Crippen LogP contribution in [0.1, 0.15) is 45.2 Å². The Kier molecular flexibility index (Phi) is 4.15. The molecule has 0 amide bonds. The van der Waals surface area contributed by atoms with Gasteiger partial charge in [-0.3, -0.25) is 4.99 Å². The highest BCUT2D eigenvalue weighted by Gasteiger charge is 2.27. The van der Waals surface area contributed by atoms with E-state index in [4.69, 9.17) is 4.99 Å². The summed E-state index contributed by atoms with van der Waals surface area (Å²) < 4.78 is 0. The lowest BCUT2D eigenvalue weighted by molar-refractivity contribution is 0.389. The zero-order valence-electron chi connectivity index (χ0n) is 10.7. The maximum atomic E-state index is 4.80. The average Bonchev–Trinajstić information content (AvgIpc) is 2.82. The quantitative estimate of drug-likeness (QED) is 0.894. The van der Waals surface area contributed by atoms with Gasteiger partial charge in [0.1, 0.15) is 0 Å². The molecular weight excluding hydrogens is 248 g/mol. The molecule has 0 aromatic carbocycles. The number of rotatable bonds is 3. The third-order valence-corrected chi connectivity index (χ3v) is 5.01. The first-order valence-corrected chi connectivity index (χ1v) is 8.07. The van der Waals surface area contributed by atoms with Crippen LogP contribution in [0.25, 0.3) is 0 Å². The average molecular weight is 268 g/mol. The summed E-state index contributed by atoms with van der Waals surface area (Å²) in [7, 11) is 0. The van der Waals surface area contributed by atoms with E-state index >= 15 is 0 Å². The molecule has 0 spiro atoms. The minimum absolute atomic E-state index is 0.235. The van der Waals surface area contributed by atoms with E-state index in [9.17, 15) is 0 Å². The van der Waals surface area contributed by atoms with Gasteiger partial charge in [-0.2, -0.15) is 11.3 Å². The highest BCUT2D eigenvalue weighted by Crippen LogP contribution is 2.27. The van der Waals surface area contributed by atoms with Gasteiger partial charge in [0.05, 0.1) is 6.04 Å². The number of thiophene rings is 1. The number of aliphatic imine (C=N–C) groups is 1. The predicted molar refractivity (Wildman–Crippen MR) is 79.1 cm³/mol. The zero-order valence-corrected chi connectivity index (χ0v) is 12.3. The van der Waals surface area contributed by atoms with Crippen molar-refractivity contribution >= 4 is 28.3 Å². The number of nitrogens with zero attached hydrogens (tertiary/aromatic N) is 1. The minimum atomic E-state index is 0.235. The molecule has 17 heavy (non-hydrogen) atoms. The fraction of sp³-hybridized carbons (Fsp3) is 0.615. The second kappa shape index (κ2) is 5.44. The fourth-order valence-electron chi connectivity index (χ4n) is 1.83. The third-order valence-electron chi connectivity index (χ3n) is 3.42. The lowest BCUT2D eigenvalue weighted by Gasteiger charge is -2.35. The molecule has 2 heterocycles. The molecule has 1 aromatic heterocycles. The summed E-state index contributed by atoms with van der Waals surface area (Å²) in [6, 6.07) is 2.42. The topological polar surface area (TPSA) is 24.4 Å². The lowest BCUT2D eigenvalue weighted by atomic mass is 9.96. The van der Waals surface area contributed by atoms with Gasteiger partial charge in [0, 0.05) is 11.3 Å². The van der Waals surface area contributed by atoms with Crippen LogP contribution in [0, 0.1) is 0 Å². The van der Waals surface area contributed by atoms with Gasteiger partial charge in [0.25, 0.3) is 0 Å². The Bertz CT molecular complexity index is 386. The molecule has 2 atom stereocenters. The Labute approximate surface area is 112 Å². The number of hydrogen-bond acceptors (Lipinski definition) is 3. The molecule has 1 N–H and O–H groups in total. The number of nitrogens with one attached hydrogen (secondary N) is 1. The van der Waals surface area contributed by atoms with E-state index in [0.717, 1.165) is 11.6 Å². The maximum absolute atomic E-state index is 4.80. The summed E-state index contributed by atoms with van der Waals surface area (Å²) in [4.78, 5) is 4.80. The Hall–Kier alpha value is -0.480. The van der Waals surface area contributed by atoms with Crippen molar-refractivity contribution in [2.45, 2.75) is 45.2 Å². The third kappa shape index (κ3) is 3.26. The SMILES string of the molecule is CCC1(C)CCSC(=NC(C)c2ccsc2)N1. The monoisotopic (exact) mass is 268 g/mol. The maximum Gasteiger partial charge on any atom is 0.157 e. The summed E-state index contributed by atoms with van der Waals surface area (Å²) >= 11 is 3.59. The summed E-state index contributed by atoms with van der Waals surface area (Å²) in [5.74, 6) is 1.17. The van der Waals surface area contributed by atoms with E-state index in [-0.39, 0.29) is 11.6 Å². The fourth-order valence-corrected chi connectivity index (χ4v) is 3.87. The van der Waals surface area contributed by atoms with Crippen molar-refractivity contribution in [1.82, 2.24) is 5.32 Å². The van der Waals surface area contributed by atoms with Crippen LogP contribution in [0.2, 0.25) is 0 Å². The second-order valence-electron chi connectivity index (χ2n) is 4.80. The molecule has 94 valence electrons. The normalized spacial score (nSPS) is 29.0. The summed E-state index contributed by atoms with van der Waals surface area (Å²) in [6.45, 7) is 6.69. The van der Waals surface area contributed by atoms with Gasteiger partial charge in [0.2, 0.25) is 0 Å². The summed E-state index contributed by atoms with van der Waals surface area (Å²) in [6.07, 6.45) is 2.37. The van der Waals surface area contributed by atoms with Crippen LogP contribution in [0.3, 0.4) is 0 Å². The van der Waals surface area contributed by atoms with Crippen molar-refractivity contribution in [3.8, 4) is 0 Å². The Balaban J connectivity index is 2.06. The van der Waals surface area contributed by atoms with E-state index in [1.54, 1.807) is 11.3 Å². The molecule has 0 saturated carbocycles. The summed E-state index contributed by atoms with van der Waals surface area (Å²) in [5, 5.41) is 9.00. The van der Waals surface area contributed by atoms with Crippen molar-refractivity contribution in [1.29, 1.82) is 0 Å². The molecule has 1 aromatic rings. The Morgan fingerprint density at radius 3 is 3.06 bits per heavy atom. The van der Waals surface area contributed by atoms with E-state index in [2.05, 4.69) is 42.9 Å². The number of amidine groups is 1.